The number of hydrogen-bond donors (Lipinski definition) is 0. The molecule has 0 saturated carbocycles. The summed E-state index contributed by atoms with van der Waals surface area (Å²) in [5.74, 6) is 0. The average molecular weight is 468 g/mol. The van der Waals surface area contributed by atoms with Crippen molar-refractivity contribution in [1.29, 1.82) is 0 Å². The number of unbranched alkanes of at least 4 members (excludes halogenated alkanes) is 9. The SMILES string of the molecule is CCCCCCCCCCCC[P](c1ccccc1)(c1ccccc1)c1ccccc1.Cl. The molecule has 0 aliphatic carbocycles. The Labute approximate surface area is 203 Å². The Hall–Kier alpha value is -1.62. The van der Waals surface area contributed by atoms with Crippen molar-refractivity contribution < 1.29 is 0 Å². The lowest BCUT2D eigenvalue weighted by atomic mass is 10.1. The molecule has 3 aromatic rings. The van der Waals surface area contributed by atoms with Crippen molar-refractivity contribution in [2.75, 3.05) is 6.16 Å². The summed E-state index contributed by atoms with van der Waals surface area (Å²) in [4.78, 5) is 0. The second kappa shape index (κ2) is 15.3. The van der Waals surface area contributed by atoms with Gasteiger partial charge in [-0.2, -0.15) is 0 Å². The van der Waals surface area contributed by atoms with Gasteiger partial charge in [0.25, 0.3) is 0 Å². The van der Waals surface area contributed by atoms with Crippen molar-refractivity contribution in [1.82, 2.24) is 0 Å². The second-order valence-electron chi connectivity index (χ2n) is 8.72. The summed E-state index contributed by atoms with van der Waals surface area (Å²) < 4.78 is 0. The molecule has 0 heterocycles. The zero-order chi connectivity index (χ0) is 21.6. The van der Waals surface area contributed by atoms with Crippen LogP contribution in [0.1, 0.15) is 71.1 Å². The first-order valence-corrected chi connectivity index (χ1v) is 14.4. The Morgan fingerprint density at radius 1 is 0.438 bits per heavy atom. The Bertz CT molecular complexity index is 736. The quantitative estimate of drug-likeness (QED) is 0.165. The molecule has 32 heavy (non-hydrogen) atoms. The van der Waals surface area contributed by atoms with E-state index in [9.17, 15) is 0 Å². The third-order valence-corrected chi connectivity index (χ3v) is 11.0. The number of rotatable bonds is 14. The summed E-state index contributed by atoms with van der Waals surface area (Å²) in [6.45, 7) is 2.29. The van der Waals surface area contributed by atoms with Crippen LogP contribution in [0.25, 0.3) is 0 Å². The fraction of sp³-hybridized carbons (Fsp3) is 0.400. The van der Waals surface area contributed by atoms with Crippen molar-refractivity contribution in [3.05, 3.63) is 91.0 Å². The normalized spacial score (nSPS) is 11.2. The predicted molar refractivity (Wildman–Crippen MR) is 149 cm³/mol. The van der Waals surface area contributed by atoms with Crippen LogP contribution in [0.5, 0.6) is 0 Å². The Morgan fingerprint density at radius 3 is 1.09 bits per heavy atom. The molecule has 0 atom stereocenters. The van der Waals surface area contributed by atoms with E-state index >= 15 is 0 Å². The van der Waals surface area contributed by atoms with Crippen molar-refractivity contribution in [2.45, 2.75) is 71.1 Å². The van der Waals surface area contributed by atoms with E-state index in [0.717, 1.165) is 0 Å². The largest absolute Gasteiger partial charge is 0.147 e. The van der Waals surface area contributed by atoms with E-state index in [1.807, 2.05) is 0 Å². The van der Waals surface area contributed by atoms with Crippen LogP contribution in [0.4, 0.5) is 0 Å². The first-order valence-electron chi connectivity index (χ1n) is 12.4. The Balaban J connectivity index is 0.00000363. The van der Waals surface area contributed by atoms with Gasteiger partial charge in [-0.3, -0.25) is 0 Å². The topological polar surface area (TPSA) is 0 Å². The summed E-state index contributed by atoms with van der Waals surface area (Å²) in [7, 11) is -1.63. The monoisotopic (exact) mass is 467 g/mol. The third-order valence-electron chi connectivity index (χ3n) is 6.44. The van der Waals surface area contributed by atoms with Crippen LogP contribution in [0, 0.1) is 0 Å². The van der Waals surface area contributed by atoms with Gasteiger partial charge in [-0.25, -0.2) is 0 Å². The first-order chi connectivity index (χ1) is 15.4. The van der Waals surface area contributed by atoms with Gasteiger partial charge in [0, 0.05) is 0 Å². The minimum Gasteiger partial charge on any atom is -0.147 e. The summed E-state index contributed by atoms with van der Waals surface area (Å²) in [6, 6.07) is 33.9. The molecule has 0 aromatic heterocycles. The van der Waals surface area contributed by atoms with Crippen molar-refractivity contribution in [3.63, 3.8) is 0 Å². The molecule has 1 radical (unpaired) electrons. The van der Waals surface area contributed by atoms with E-state index in [1.54, 1.807) is 0 Å². The lowest BCUT2D eigenvalue weighted by Crippen LogP contribution is -2.33. The van der Waals surface area contributed by atoms with Crippen LogP contribution in [0.3, 0.4) is 0 Å². The summed E-state index contributed by atoms with van der Waals surface area (Å²) >= 11 is 0. The summed E-state index contributed by atoms with van der Waals surface area (Å²) in [5, 5.41) is 4.55. The zero-order valence-corrected chi connectivity index (χ0v) is 21.5. The highest BCUT2D eigenvalue weighted by Crippen LogP contribution is 2.55. The van der Waals surface area contributed by atoms with Gasteiger partial charge in [-0.05, 0) is 35.8 Å². The van der Waals surface area contributed by atoms with Crippen molar-refractivity contribution in [3.8, 4) is 0 Å². The fourth-order valence-corrected chi connectivity index (χ4v) is 9.13. The molecule has 0 spiro atoms. The maximum atomic E-state index is 2.37. The van der Waals surface area contributed by atoms with Gasteiger partial charge in [0.15, 0.2) is 0 Å². The maximum absolute atomic E-state index is 2.37. The highest BCUT2D eigenvalue weighted by molar-refractivity contribution is 7.95. The highest BCUT2D eigenvalue weighted by Gasteiger charge is 2.33. The third kappa shape index (κ3) is 7.47. The van der Waals surface area contributed by atoms with Crippen LogP contribution in [0.2, 0.25) is 0 Å². The smallest absolute Gasteiger partial charge is 0.0196 e. The van der Waals surface area contributed by atoms with Crippen LogP contribution in [-0.4, -0.2) is 6.16 Å². The van der Waals surface area contributed by atoms with Crippen molar-refractivity contribution in [2.24, 2.45) is 0 Å². The van der Waals surface area contributed by atoms with Gasteiger partial charge in [0.2, 0.25) is 0 Å². The molecule has 0 saturated heterocycles. The molecule has 173 valence electrons. The number of hydrogen-bond acceptors (Lipinski definition) is 0. The standard InChI is InChI=1S/C30H40P.ClH/c1-2-3-4-5-6-7-8-9-10-20-27-31(28-21-14-11-15-22-28,29-23-16-12-17-24-29)30-25-18-13-19-26-30;/h11-19,21-26H,2-10,20,27H2,1H3;1H. The van der Waals surface area contributed by atoms with Gasteiger partial charge in [0.1, 0.15) is 0 Å². The molecule has 0 aliphatic rings. The maximum Gasteiger partial charge on any atom is -0.0196 e. The molecule has 0 unspecified atom stereocenters. The van der Waals surface area contributed by atoms with E-state index in [-0.39, 0.29) is 12.4 Å². The van der Waals surface area contributed by atoms with Gasteiger partial charge in [-0.1, -0.05) is 156 Å². The number of benzene rings is 3. The van der Waals surface area contributed by atoms with E-state index in [4.69, 9.17) is 0 Å². The summed E-state index contributed by atoms with van der Waals surface area (Å²) in [6.07, 6.45) is 15.2. The minimum atomic E-state index is -1.63. The van der Waals surface area contributed by atoms with Crippen LogP contribution >= 0.6 is 19.7 Å². The zero-order valence-electron chi connectivity index (χ0n) is 19.8. The molecule has 0 amide bonds. The molecule has 0 bridgehead atoms. The number of halogens is 1. The average Bonchev–Trinajstić information content (AvgIpc) is 2.84. The first kappa shape index (κ1) is 26.6. The lowest BCUT2D eigenvalue weighted by Gasteiger charge is -2.38. The summed E-state index contributed by atoms with van der Waals surface area (Å²) in [5.41, 5.74) is 0. The Kier molecular flexibility index (Phi) is 12.7. The molecule has 3 rings (SSSR count). The molecule has 2 heteroatoms. The van der Waals surface area contributed by atoms with Crippen LogP contribution < -0.4 is 15.9 Å². The molecule has 0 aliphatic heterocycles. The highest BCUT2D eigenvalue weighted by atomic mass is 35.5. The van der Waals surface area contributed by atoms with E-state index < -0.39 is 7.26 Å². The predicted octanol–water partition coefficient (Wildman–Crippen LogP) is 8.32. The molecule has 3 aromatic carbocycles. The van der Waals surface area contributed by atoms with Crippen molar-refractivity contribution >= 4 is 35.6 Å². The lowest BCUT2D eigenvalue weighted by molar-refractivity contribution is 0.563. The van der Waals surface area contributed by atoms with Gasteiger partial charge in [0.05, 0.1) is 0 Å². The van der Waals surface area contributed by atoms with E-state index in [2.05, 4.69) is 97.9 Å². The molecular weight excluding hydrogens is 427 g/mol. The fourth-order valence-electron chi connectivity index (χ4n) is 4.72. The van der Waals surface area contributed by atoms with Crippen LogP contribution in [0.15, 0.2) is 91.0 Å². The van der Waals surface area contributed by atoms with Gasteiger partial charge >= 0.3 is 0 Å². The van der Waals surface area contributed by atoms with Gasteiger partial charge < -0.3 is 0 Å². The molecule has 0 fully saturated rings. The minimum absolute atomic E-state index is 0. The Morgan fingerprint density at radius 2 is 0.750 bits per heavy atom. The molecule has 0 nitrogen and oxygen atoms in total. The van der Waals surface area contributed by atoms with Gasteiger partial charge in [-0.15, -0.1) is 12.4 Å². The molecule has 0 N–H and O–H groups in total. The van der Waals surface area contributed by atoms with Crippen LogP contribution in [-0.2, 0) is 0 Å². The van der Waals surface area contributed by atoms with E-state index in [0.29, 0.717) is 0 Å². The van der Waals surface area contributed by atoms with E-state index in [1.165, 1.54) is 86.3 Å². The molecular formula is C30H41ClP. The second-order valence-corrected chi connectivity index (χ2v) is 12.3.